The van der Waals surface area contributed by atoms with Crippen LogP contribution in [0.2, 0.25) is 0 Å². The van der Waals surface area contributed by atoms with Crippen LogP contribution in [0.4, 0.5) is 0 Å². The fourth-order valence-corrected chi connectivity index (χ4v) is 2.76. The van der Waals surface area contributed by atoms with Crippen molar-refractivity contribution in [1.82, 2.24) is 0 Å². The van der Waals surface area contributed by atoms with E-state index in [2.05, 4.69) is 0 Å². The topological polar surface area (TPSA) is 61.8 Å². The molecule has 0 spiro atoms. The van der Waals surface area contributed by atoms with Gasteiger partial charge in [0.1, 0.15) is 17.2 Å². The molecular weight excluding hydrogens is 356 g/mol. The summed E-state index contributed by atoms with van der Waals surface area (Å²) in [7, 11) is 3.14. The zero-order chi connectivity index (χ0) is 19.9. The second-order valence-corrected chi connectivity index (χ2v) is 6.04. The van der Waals surface area contributed by atoms with Crippen LogP contribution in [-0.2, 0) is 11.2 Å². The first-order chi connectivity index (χ1) is 13.6. The molecule has 0 aromatic heterocycles. The lowest BCUT2D eigenvalue weighted by Crippen LogP contribution is -2.14. The van der Waals surface area contributed by atoms with Crippen molar-refractivity contribution in [1.29, 1.82) is 0 Å². The summed E-state index contributed by atoms with van der Waals surface area (Å²) in [4.78, 5) is 25.2. The average Bonchev–Trinajstić information content (AvgIpc) is 2.74. The molecular formula is C23H20O5. The van der Waals surface area contributed by atoms with Crippen molar-refractivity contribution in [3.8, 4) is 17.2 Å². The third-order valence-corrected chi connectivity index (χ3v) is 4.24. The van der Waals surface area contributed by atoms with Crippen LogP contribution in [-0.4, -0.2) is 26.0 Å². The van der Waals surface area contributed by atoms with Crippen LogP contribution in [0.25, 0.3) is 0 Å². The second-order valence-electron chi connectivity index (χ2n) is 6.04. The Balaban J connectivity index is 1.75. The van der Waals surface area contributed by atoms with Crippen LogP contribution in [0, 0.1) is 0 Å². The van der Waals surface area contributed by atoms with Crippen LogP contribution >= 0.6 is 0 Å². The van der Waals surface area contributed by atoms with Gasteiger partial charge in [-0.3, -0.25) is 9.59 Å². The van der Waals surface area contributed by atoms with E-state index in [0.717, 1.165) is 0 Å². The molecule has 5 heteroatoms. The van der Waals surface area contributed by atoms with Gasteiger partial charge < -0.3 is 14.2 Å². The van der Waals surface area contributed by atoms with Gasteiger partial charge in [0.15, 0.2) is 5.78 Å². The Morgan fingerprint density at radius 2 is 1.25 bits per heavy atom. The number of benzene rings is 3. The van der Waals surface area contributed by atoms with Gasteiger partial charge in [-0.25, -0.2) is 0 Å². The van der Waals surface area contributed by atoms with Gasteiger partial charge in [-0.1, -0.05) is 24.3 Å². The van der Waals surface area contributed by atoms with Crippen LogP contribution < -0.4 is 14.2 Å². The third kappa shape index (κ3) is 4.57. The van der Waals surface area contributed by atoms with Gasteiger partial charge in [0, 0.05) is 11.1 Å². The van der Waals surface area contributed by atoms with Gasteiger partial charge in [0.25, 0.3) is 0 Å². The van der Waals surface area contributed by atoms with Crippen molar-refractivity contribution in [3.05, 3.63) is 89.5 Å². The zero-order valence-electron chi connectivity index (χ0n) is 15.7. The molecule has 0 amide bonds. The van der Waals surface area contributed by atoms with Crippen molar-refractivity contribution < 1.29 is 23.8 Å². The van der Waals surface area contributed by atoms with E-state index in [-0.39, 0.29) is 12.2 Å². The number of esters is 1. The molecule has 28 heavy (non-hydrogen) atoms. The van der Waals surface area contributed by atoms with E-state index in [1.165, 1.54) is 0 Å². The Morgan fingerprint density at radius 1 is 0.714 bits per heavy atom. The summed E-state index contributed by atoms with van der Waals surface area (Å²) < 4.78 is 15.6. The van der Waals surface area contributed by atoms with Crippen molar-refractivity contribution in [2.24, 2.45) is 0 Å². The van der Waals surface area contributed by atoms with Crippen LogP contribution in [0.15, 0.2) is 72.8 Å². The van der Waals surface area contributed by atoms with E-state index in [4.69, 9.17) is 14.2 Å². The van der Waals surface area contributed by atoms with E-state index < -0.39 is 5.97 Å². The smallest absolute Gasteiger partial charge is 0.315 e. The Morgan fingerprint density at radius 3 is 1.86 bits per heavy atom. The highest BCUT2D eigenvalue weighted by Crippen LogP contribution is 2.20. The first kappa shape index (κ1) is 19.2. The van der Waals surface area contributed by atoms with Crippen molar-refractivity contribution in [2.45, 2.75) is 6.42 Å². The summed E-state index contributed by atoms with van der Waals surface area (Å²) in [6.45, 7) is 0. The third-order valence-electron chi connectivity index (χ3n) is 4.24. The highest BCUT2D eigenvalue weighted by atomic mass is 16.5. The fraction of sp³-hybridized carbons (Fsp3) is 0.130. The standard InChI is InChI=1S/C23H20O5/c1-26-18-9-7-16(8-10-18)23(25)21-6-4-3-5-17(21)15-22(24)28-20-13-11-19(27-2)12-14-20/h3-14H,15H2,1-2H3. The molecule has 0 fully saturated rings. The predicted molar refractivity (Wildman–Crippen MR) is 105 cm³/mol. The fourth-order valence-electron chi connectivity index (χ4n) is 2.76. The van der Waals surface area contributed by atoms with Crippen LogP contribution in [0.3, 0.4) is 0 Å². The minimum Gasteiger partial charge on any atom is -0.497 e. The van der Waals surface area contributed by atoms with Crippen molar-refractivity contribution in [2.75, 3.05) is 14.2 Å². The van der Waals surface area contributed by atoms with Gasteiger partial charge in [0.2, 0.25) is 0 Å². The Hall–Kier alpha value is -3.60. The number of ether oxygens (including phenoxy) is 3. The molecule has 0 bridgehead atoms. The largest absolute Gasteiger partial charge is 0.497 e. The summed E-state index contributed by atoms with van der Waals surface area (Å²) in [5.74, 6) is 1.17. The van der Waals surface area contributed by atoms with E-state index in [9.17, 15) is 9.59 Å². The van der Waals surface area contributed by atoms with Crippen LogP contribution in [0.5, 0.6) is 17.2 Å². The molecule has 142 valence electrons. The van der Waals surface area contributed by atoms with Gasteiger partial charge in [-0.2, -0.15) is 0 Å². The Kier molecular flexibility index (Phi) is 6.07. The number of hydrogen-bond acceptors (Lipinski definition) is 5. The number of rotatable bonds is 7. The molecule has 0 saturated carbocycles. The number of ketones is 1. The molecule has 0 unspecified atom stereocenters. The molecule has 0 saturated heterocycles. The minimum absolute atomic E-state index is 0.00982. The molecule has 0 radical (unpaired) electrons. The summed E-state index contributed by atoms with van der Waals surface area (Å²) in [5, 5.41) is 0. The van der Waals surface area contributed by atoms with Crippen molar-refractivity contribution in [3.63, 3.8) is 0 Å². The summed E-state index contributed by atoms with van der Waals surface area (Å²) in [6.07, 6.45) is -0.00982. The number of hydrogen-bond donors (Lipinski definition) is 0. The van der Waals surface area contributed by atoms with E-state index in [1.54, 1.807) is 87.0 Å². The molecule has 3 rings (SSSR count). The first-order valence-corrected chi connectivity index (χ1v) is 8.72. The molecule has 0 aliphatic rings. The SMILES string of the molecule is COc1ccc(OC(=O)Cc2ccccc2C(=O)c2ccc(OC)cc2)cc1. The maximum Gasteiger partial charge on any atom is 0.315 e. The molecule has 0 heterocycles. The lowest BCUT2D eigenvalue weighted by atomic mass is 9.96. The van der Waals surface area contributed by atoms with Gasteiger partial charge in [-0.05, 0) is 54.1 Å². The Labute approximate surface area is 163 Å². The molecule has 0 aliphatic heterocycles. The molecule has 3 aromatic carbocycles. The number of carbonyl (C=O) groups excluding carboxylic acids is 2. The van der Waals surface area contributed by atoms with Crippen molar-refractivity contribution >= 4 is 11.8 Å². The molecule has 0 N–H and O–H groups in total. The highest BCUT2D eigenvalue weighted by molar-refractivity contribution is 6.10. The second kappa shape index (κ2) is 8.86. The maximum atomic E-state index is 12.9. The zero-order valence-corrected chi connectivity index (χ0v) is 15.7. The van der Waals surface area contributed by atoms with Gasteiger partial charge in [0.05, 0.1) is 20.6 Å². The molecule has 0 atom stereocenters. The first-order valence-electron chi connectivity index (χ1n) is 8.72. The summed E-state index contributed by atoms with van der Waals surface area (Å²) >= 11 is 0. The Bertz CT molecular complexity index is 959. The van der Waals surface area contributed by atoms with E-state index in [1.807, 2.05) is 0 Å². The van der Waals surface area contributed by atoms with Gasteiger partial charge >= 0.3 is 5.97 Å². The maximum absolute atomic E-state index is 12.9. The lowest BCUT2D eigenvalue weighted by molar-refractivity contribution is -0.133. The van der Waals surface area contributed by atoms with Crippen LogP contribution in [0.1, 0.15) is 21.5 Å². The summed E-state index contributed by atoms with van der Waals surface area (Å²) in [6, 6.07) is 20.6. The number of carbonyl (C=O) groups is 2. The minimum atomic E-state index is -0.444. The lowest BCUT2D eigenvalue weighted by Gasteiger charge is -2.10. The van der Waals surface area contributed by atoms with Gasteiger partial charge in [-0.15, -0.1) is 0 Å². The van der Waals surface area contributed by atoms with E-state index in [0.29, 0.717) is 33.9 Å². The monoisotopic (exact) mass is 376 g/mol. The highest BCUT2D eigenvalue weighted by Gasteiger charge is 2.16. The quantitative estimate of drug-likeness (QED) is 0.353. The molecule has 5 nitrogen and oxygen atoms in total. The normalized spacial score (nSPS) is 10.2. The predicted octanol–water partition coefficient (Wildman–Crippen LogP) is 4.08. The molecule has 0 aliphatic carbocycles. The molecule has 3 aromatic rings. The average molecular weight is 376 g/mol. The summed E-state index contributed by atoms with van der Waals surface area (Å²) in [5.41, 5.74) is 1.61. The number of methoxy groups -OCH3 is 2. The van der Waals surface area contributed by atoms with E-state index >= 15 is 0 Å².